The maximum Gasteiger partial charge on any atom is 0.257 e. The van der Waals surface area contributed by atoms with E-state index in [-0.39, 0.29) is 5.91 Å². The van der Waals surface area contributed by atoms with Gasteiger partial charge in [0.1, 0.15) is 5.75 Å². The molecule has 2 aromatic rings. The third-order valence-electron chi connectivity index (χ3n) is 5.36. The summed E-state index contributed by atoms with van der Waals surface area (Å²) in [6.07, 6.45) is 1.50. The van der Waals surface area contributed by atoms with Crippen LogP contribution in [0.2, 0.25) is 0 Å². The van der Waals surface area contributed by atoms with Gasteiger partial charge in [-0.1, -0.05) is 20.8 Å². The second-order valence-corrected chi connectivity index (χ2v) is 6.81. The van der Waals surface area contributed by atoms with Crippen LogP contribution >= 0.6 is 0 Å². The molecule has 1 aromatic carbocycles. The molecule has 0 aliphatic carbocycles. The number of aryl methyl sites for hydroxylation is 1. The van der Waals surface area contributed by atoms with Crippen LogP contribution in [0.5, 0.6) is 5.75 Å². The van der Waals surface area contributed by atoms with Gasteiger partial charge in [-0.2, -0.15) is 5.10 Å². The maximum absolute atomic E-state index is 13.3. The van der Waals surface area contributed by atoms with Crippen LogP contribution in [-0.4, -0.2) is 65.3 Å². The number of carbonyl (C=O) groups is 1. The molecule has 0 radical (unpaired) electrons. The number of amides is 1. The Balaban J connectivity index is 1.94. The molecule has 6 heteroatoms. The van der Waals surface area contributed by atoms with E-state index in [4.69, 9.17) is 9.84 Å². The van der Waals surface area contributed by atoms with Crippen LogP contribution in [0.4, 0.5) is 0 Å². The molecule has 6 nitrogen and oxygen atoms in total. The summed E-state index contributed by atoms with van der Waals surface area (Å²) in [5, 5.41) is 4.79. The van der Waals surface area contributed by atoms with E-state index in [9.17, 15) is 4.79 Å². The fourth-order valence-corrected chi connectivity index (χ4v) is 3.69. The number of carbonyl (C=O) groups excluding carboxylic acids is 1. The second kappa shape index (κ2) is 8.57. The van der Waals surface area contributed by atoms with Crippen LogP contribution in [0.25, 0.3) is 5.69 Å². The molecule has 0 unspecified atom stereocenters. The molecular formula is C21H30N4O2. The summed E-state index contributed by atoms with van der Waals surface area (Å²) in [5.74, 6) is 0.934. The predicted molar refractivity (Wildman–Crippen MR) is 107 cm³/mol. The molecule has 1 saturated heterocycles. The molecule has 0 atom stereocenters. The number of piperazine rings is 1. The number of methoxy groups -OCH3 is 1. The summed E-state index contributed by atoms with van der Waals surface area (Å²) in [4.78, 5) is 17.7. The first kappa shape index (κ1) is 19.4. The van der Waals surface area contributed by atoms with E-state index in [1.165, 1.54) is 0 Å². The quantitative estimate of drug-likeness (QED) is 0.785. The van der Waals surface area contributed by atoms with Crippen molar-refractivity contribution in [1.82, 2.24) is 19.6 Å². The molecule has 3 rings (SSSR count). The van der Waals surface area contributed by atoms with E-state index in [1.807, 2.05) is 33.8 Å². The lowest BCUT2D eigenvalue weighted by atomic mass is 10.1. The summed E-state index contributed by atoms with van der Waals surface area (Å²) >= 11 is 0. The molecule has 27 heavy (non-hydrogen) atoms. The number of aromatic nitrogens is 2. The second-order valence-electron chi connectivity index (χ2n) is 6.81. The smallest absolute Gasteiger partial charge is 0.257 e. The largest absolute Gasteiger partial charge is 0.497 e. The minimum atomic E-state index is 0.124. The van der Waals surface area contributed by atoms with E-state index in [2.05, 4.69) is 25.7 Å². The molecule has 0 N–H and O–H groups in total. The fraction of sp³-hybridized carbons (Fsp3) is 0.524. The van der Waals surface area contributed by atoms with Crippen LogP contribution in [0.3, 0.4) is 0 Å². The molecule has 1 aliphatic rings. The lowest BCUT2D eigenvalue weighted by Gasteiger charge is -2.34. The van der Waals surface area contributed by atoms with E-state index < -0.39 is 0 Å². The van der Waals surface area contributed by atoms with Gasteiger partial charge in [-0.15, -0.1) is 0 Å². The van der Waals surface area contributed by atoms with Crippen molar-refractivity contribution < 1.29 is 9.53 Å². The standard InChI is InChI=1S/C21H30N4O2/c1-5-18-20(21(26)24-14-12-23(7-3)13-15-24)19(6-2)25(22-18)16-8-10-17(27-4)11-9-16/h8-11H,5-7,12-15H2,1-4H3. The van der Waals surface area contributed by atoms with Crippen molar-refractivity contribution >= 4 is 5.91 Å². The van der Waals surface area contributed by atoms with Crippen molar-refractivity contribution in [1.29, 1.82) is 0 Å². The fourth-order valence-electron chi connectivity index (χ4n) is 3.69. The number of hydrogen-bond donors (Lipinski definition) is 0. The minimum Gasteiger partial charge on any atom is -0.497 e. The Morgan fingerprint density at radius 3 is 2.22 bits per heavy atom. The molecule has 0 bridgehead atoms. The normalized spacial score (nSPS) is 15.2. The van der Waals surface area contributed by atoms with Gasteiger partial charge in [0.25, 0.3) is 5.91 Å². The highest BCUT2D eigenvalue weighted by molar-refractivity contribution is 5.96. The van der Waals surface area contributed by atoms with Gasteiger partial charge in [0, 0.05) is 26.2 Å². The van der Waals surface area contributed by atoms with E-state index >= 15 is 0 Å². The lowest BCUT2D eigenvalue weighted by Crippen LogP contribution is -2.48. The van der Waals surface area contributed by atoms with Crippen LogP contribution < -0.4 is 4.74 Å². The van der Waals surface area contributed by atoms with Gasteiger partial charge < -0.3 is 14.5 Å². The molecule has 1 fully saturated rings. The Morgan fingerprint density at radius 1 is 1.04 bits per heavy atom. The van der Waals surface area contributed by atoms with Gasteiger partial charge in [0.2, 0.25) is 0 Å². The Bertz CT molecular complexity index is 774. The molecule has 1 aliphatic heterocycles. The summed E-state index contributed by atoms with van der Waals surface area (Å²) in [7, 11) is 1.66. The number of ether oxygens (including phenoxy) is 1. The van der Waals surface area contributed by atoms with E-state index in [0.29, 0.717) is 0 Å². The molecule has 0 saturated carbocycles. The number of hydrogen-bond acceptors (Lipinski definition) is 4. The predicted octanol–water partition coefficient (Wildman–Crippen LogP) is 2.78. The first-order valence-corrected chi connectivity index (χ1v) is 9.89. The van der Waals surface area contributed by atoms with Crippen molar-refractivity contribution in [3.8, 4) is 11.4 Å². The van der Waals surface area contributed by atoms with Crippen LogP contribution in [0, 0.1) is 0 Å². The summed E-state index contributed by atoms with van der Waals surface area (Å²) in [5.41, 5.74) is 3.61. The molecule has 1 aromatic heterocycles. The van der Waals surface area contributed by atoms with Gasteiger partial charge in [0.05, 0.1) is 29.7 Å². The molecule has 1 amide bonds. The summed E-state index contributed by atoms with van der Waals surface area (Å²) < 4.78 is 7.18. The summed E-state index contributed by atoms with van der Waals surface area (Å²) in [6, 6.07) is 7.82. The van der Waals surface area contributed by atoms with Gasteiger partial charge in [-0.25, -0.2) is 4.68 Å². The molecule has 2 heterocycles. The maximum atomic E-state index is 13.3. The highest BCUT2D eigenvalue weighted by atomic mass is 16.5. The highest BCUT2D eigenvalue weighted by Gasteiger charge is 2.28. The van der Waals surface area contributed by atoms with Crippen LogP contribution in [-0.2, 0) is 12.8 Å². The van der Waals surface area contributed by atoms with Gasteiger partial charge in [-0.05, 0) is 43.7 Å². The zero-order chi connectivity index (χ0) is 19.4. The SMILES string of the molecule is CCc1nn(-c2ccc(OC)cc2)c(CC)c1C(=O)N1CCN(CC)CC1. The zero-order valence-corrected chi connectivity index (χ0v) is 16.9. The highest BCUT2D eigenvalue weighted by Crippen LogP contribution is 2.24. The monoisotopic (exact) mass is 370 g/mol. The van der Waals surface area contributed by atoms with Crippen molar-refractivity contribution in [3.63, 3.8) is 0 Å². The Kier molecular flexibility index (Phi) is 6.16. The van der Waals surface area contributed by atoms with Crippen molar-refractivity contribution in [2.24, 2.45) is 0 Å². The Hall–Kier alpha value is -2.34. The summed E-state index contributed by atoms with van der Waals surface area (Å²) in [6.45, 7) is 10.8. The Labute approximate surface area is 161 Å². The third kappa shape index (κ3) is 3.86. The molecule has 0 spiro atoms. The van der Waals surface area contributed by atoms with Gasteiger partial charge in [-0.3, -0.25) is 4.79 Å². The van der Waals surface area contributed by atoms with E-state index in [1.54, 1.807) is 7.11 Å². The third-order valence-corrected chi connectivity index (χ3v) is 5.36. The Morgan fingerprint density at radius 2 is 1.70 bits per heavy atom. The minimum absolute atomic E-state index is 0.124. The first-order valence-electron chi connectivity index (χ1n) is 9.89. The van der Waals surface area contributed by atoms with Crippen molar-refractivity contribution in [3.05, 3.63) is 41.2 Å². The zero-order valence-electron chi connectivity index (χ0n) is 16.9. The number of rotatable bonds is 6. The first-order chi connectivity index (χ1) is 13.1. The van der Waals surface area contributed by atoms with E-state index in [0.717, 1.165) is 74.0 Å². The average molecular weight is 370 g/mol. The van der Waals surface area contributed by atoms with Gasteiger partial charge >= 0.3 is 0 Å². The van der Waals surface area contributed by atoms with Crippen LogP contribution in [0.1, 0.15) is 42.5 Å². The molecule has 146 valence electrons. The van der Waals surface area contributed by atoms with Crippen LogP contribution in [0.15, 0.2) is 24.3 Å². The topological polar surface area (TPSA) is 50.6 Å². The van der Waals surface area contributed by atoms with Crippen molar-refractivity contribution in [2.45, 2.75) is 33.6 Å². The lowest BCUT2D eigenvalue weighted by molar-refractivity contribution is 0.0641. The van der Waals surface area contributed by atoms with Crippen molar-refractivity contribution in [2.75, 3.05) is 39.8 Å². The molecular weight excluding hydrogens is 340 g/mol. The number of likely N-dealkylation sites (N-methyl/N-ethyl adjacent to an activating group) is 1. The average Bonchev–Trinajstić information content (AvgIpc) is 3.12. The number of nitrogens with zero attached hydrogens (tertiary/aromatic N) is 4. The van der Waals surface area contributed by atoms with Gasteiger partial charge in [0.15, 0.2) is 0 Å². The number of benzene rings is 1.